The minimum Gasteiger partial charge on any atom is -0.508 e. The molecule has 0 saturated carbocycles. The minimum atomic E-state index is -0.317. The number of methoxy groups -OCH3 is 1. The van der Waals surface area contributed by atoms with Crippen LogP contribution in [-0.4, -0.2) is 51.1 Å². The number of aromatic nitrogens is 3. The van der Waals surface area contributed by atoms with E-state index in [2.05, 4.69) is 14.8 Å². The van der Waals surface area contributed by atoms with Gasteiger partial charge in [0.05, 0.1) is 17.2 Å². The first-order valence-electron chi connectivity index (χ1n) is 8.41. The van der Waals surface area contributed by atoms with Gasteiger partial charge in [-0.25, -0.2) is 4.79 Å². The number of likely N-dealkylation sites (tertiary alicyclic amines) is 1. The Morgan fingerprint density at radius 3 is 2.85 bits per heavy atom. The number of phenols is 1. The smallest absolute Gasteiger partial charge is 0.409 e. The van der Waals surface area contributed by atoms with Crippen LogP contribution in [-0.2, 0) is 17.7 Å². The lowest BCUT2D eigenvalue weighted by Crippen LogP contribution is -2.28. The topological polar surface area (TPSA) is 80.5 Å². The summed E-state index contributed by atoms with van der Waals surface area (Å²) in [5, 5.41) is 19.7. The second-order valence-corrected chi connectivity index (χ2v) is 7.47. The summed E-state index contributed by atoms with van der Waals surface area (Å²) >= 11 is 12.4. The van der Waals surface area contributed by atoms with Crippen molar-refractivity contribution in [2.75, 3.05) is 20.2 Å². The number of halogens is 2. The standard InChI is InChI=1S/C17H18Cl2N4O3/c1-26-17(25)22-5-4-9(7-22)16-21-20-13-6-10(8-23(13)16)14-12(24)3-2-11(18)15(14)19/h2-3,9-10,24H,4-8H2,1H3/t9?,10-/m1/s1. The first-order valence-corrected chi connectivity index (χ1v) is 9.17. The molecule has 9 heteroatoms. The normalized spacial score (nSPS) is 21.9. The molecule has 1 amide bonds. The Hall–Kier alpha value is -1.99. The molecule has 2 aliphatic heterocycles. The lowest BCUT2D eigenvalue weighted by Gasteiger charge is -2.16. The van der Waals surface area contributed by atoms with Crippen molar-refractivity contribution in [3.05, 3.63) is 39.4 Å². The lowest BCUT2D eigenvalue weighted by atomic mass is 9.96. The van der Waals surface area contributed by atoms with Crippen molar-refractivity contribution in [1.82, 2.24) is 19.7 Å². The van der Waals surface area contributed by atoms with Crippen LogP contribution in [0, 0.1) is 0 Å². The van der Waals surface area contributed by atoms with E-state index in [1.54, 1.807) is 17.0 Å². The Labute approximate surface area is 160 Å². The number of fused-ring (bicyclic) bond motifs is 1. The van der Waals surface area contributed by atoms with Crippen molar-refractivity contribution in [3.8, 4) is 5.75 Å². The van der Waals surface area contributed by atoms with Crippen LogP contribution in [0.5, 0.6) is 5.75 Å². The summed E-state index contributed by atoms with van der Waals surface area (Å²) in [6, 6.07) is 3.15. The number of carbonyl (C=O) groups is 1. The van der Waals surface area contributed by atoms with Gasteiger partial charge in [-0.3, -0.25) is 0 Å². The first kappa shape index (κ1) is 17.4. The fraction of sp³-hybridized carbons (Fsp3) is 0.471. The van der Waals surface area contributed by atoms with E-state index in [1.165, 1.54) is 7.11 Å². The maximum Gasteiger partial charge on any atom is 0.409 e. The van der Waals surface area contributed by atoms with Crippen LogP contribution in [0.15, 0.2) is 12.1 Å². The zero-order chi connectivity index (χ0) is 18.4. The SMILES string of the molecule is COC(=O)N1CCC(c2nnc3n2C[C@H](c2c(O)ccc(Cl)c2Cl)C3)C1. The summed E-state index contributed by atoms with van der Waals surface area (Å²) in [6.45, 7) is 1.84. The van der Waals surface area contributed by atoms with Crippen molar-refractivity contribution >= 4 is 29.3 Å². The number of hydrogen-bond acceptors (Lipinski definition) is 5. The Morgan fingerprint density at radius 1 is 1.27 bits per heavy atom. The van der Waals surface area contributed by atoms with Crippen LogP contribution < -0.4 is 0 Å². The summed E-state index contributed by atoms with van der Waals surface area (Å²) in [7, 11) is 1.39. The molecule has 4 rings (SSSR count). The van der Waals surface area contributed by atoms with E-state index in [4.69, 9.17) is 27.9 Å². The van der Waals surface area contributed by atoms with Gasteiger partial charge in [0, 0.05) is 43.5 Å². The molecule has 1 aromatic carbocycles. The monoisotopic (exact) mass is 396 g/mol. The third kappa shape index (κ3) is 2.79. The van der Waals surface area contributed by atoms with Crippen molar-refractivity contribution in [1.29, 1.82) is 0 Å². The fourth-order valence-corrected chi connectivity index (χ4v) is 4.39. The van der Waals surface area contributed by atoms with E-state index in [-0.39, 0.29) is 23.7 Å². The van der Waals surface area contributed by atoms with Gasteiger partial charge in [0.15, 0.2) is 0 Å². The Balaban J connectivity index is 1.57. The maximum absolute atomic E-state index is 11.7. The summed E-state index contributed by atoms with van der Waals surface area (Å²) in [6.07, 6.45) is 1.14. The molecule has 7 nitrogen and oxygen atoms in total. The molecule has 0 radical (unpaired) electrons. The van der Waals surface area contributed by atoms with Crippen molar-refractivity contribution < 1.29 is 14.6 Å². The van der Waals surface area contributed by atoms with Gasteiger partial charge in [0.1, 0.15) is 17.4 Å². The van der Waals surface area contributed by atoms with E-state index in [0.717, 1.165) is 18.1 Å². The number of carbonyl (C=O) groups excluding carboxylic acids is 1. The van der Waals surface area contributed by atoms with E-state index in [1.807, 2.05) is 0 Å². The summed E-state index contributed by atoms with van der Waals surface area (Å²) < 4.78 is 6.87. The fourth-order valence-electron chi connectivity index (χ4n) is 3.91. The third-order valence-electron chi connectivity index (χ3n) is 5.19. The number of hydrogen-bond donors (Lipinski definition) is 1. The molecule has 26 heavy (non-hydrogen) atoms. The van der Waals surface area contributed by atoms with Gasteiger partial charge in [-0.05, 0) is 18.6 Å². The van der Waals surface area contributed by atoms with Gasteiger partial charge in [-0.1, -0.05) is 23.2 Å². The van der Waals surface area contributed by atoms with Gasteiger partial charge in [0.25, 0.3) is 0 Å². The summed E-state index contributed by atoms with van der Waals surface area (Å²) in [4.78, 5) is 13.4. The molecular weight excluding hydrogens is 379 g/mol. The number of nitrogens with zero attached hydrogens (tertiary/aromatic N) is 4. The second-order valence-electron chi connectivity index (χ2n) is 6.68. The number of aromatic hydroxyl groups is 1. The quantitative estimate of drug-likeness (QED) is 0.842. The minimum absolute atomic E-state index is 0.0106. The molecule has 138 valence electrons. The zero-order valence-corrected chi connectivity index (χ0v) is 15.7. The van der Waals surface area contributed by atoms with E-state index >= 15 is 0 Å². The van der Waals surface area contributed by atoms with E-state index < -0.39 is 0 Å². The highest BCUT2D eigenvalue weighted by Crippen LogP contribution is 2.42. The van der Waals surface area contributed by atoms with Gasteiger partial charge in [-0.2, -0.15) is 0 Å². The Bertz CT molecular complexity index is 870. The van der Waals surface area contributed by atoms with Gasteiger partial charge < -0.3 is 19.3 Å². The van der Waals surface area contributed by atoms with E-state index in [9.17, 15) is 9.90 Å². The molecule has 0 bridgehead atoms. The van der Waals surface area contributed by atoms with Crippen LogP contribution in [0.25, 0.3) is 0 Å². The molecule has 0 spiro atoms. The summed E-state index contributed by atoms with van der Waals surface area (Å²) in [5.74, 6) is 1.98. The second kappa shape index (κ2) is 6.63. The predicted molar refractivity (Wildman–Crippen MR) is 95.9 cm³/mol. The molecule has 1 fully saturated rings. The average Bonchev–Trinajstić information content (AvgIpc) is 3.33. The highest BCUT2D eigenvalue weighted by atomic mass is 35.5. The van der Waals surface area contributed by atoms with Crippen molar-refractivity contribution in [3.63, 3.8) is 0 Å². The molecule has 2 aliphatic rings. The molecule has 0 aliphatic carbocycles. The zero-order valence-electron chi connectivity index (χ0n) is 14.2. The molecule has 3 heterocycles. The molecule has 1 aromatic heterocycles. The molecule has 1 saturated heterocycles. The average molecular weight is 397 g/mol. The number of benzene rings is 1. The number of amides is 1. The van der Waals surface area contributed by atoms with Gasteiger partial charge in [0.2, 0.25) is 0 Å². The highest BCUT2D eigenvalue weighted by Gasteiger charge is 2.36. The third-order valence-corrected chi connectivity index (χ3v) is 6.01. The van der Waals surface area contributed by atoms with Crippen LogP contribution in [0.1, 0.15) is 35.5 Å². The molecular formula is C17H18Cl2N4O3. The van der Waals surface area contributed by atoms with Crippen molar-refractivity contribution in [2.45, 2.75) is 31.2 Å². The molecule has 1 unspecified atom stereocenters. The van der Waals surface area contributed by atoms with Crippen LogP contribution >= 0.6 is 23.2 Å². The van der Waals surface area contributed by atoms with Crippen molar-refractivity contribution in [2.24, 2.45) is 0 Å². The Kier molecular flexibility index (Phi) is 4.44. The first-order chi connectivity index (χ1) is 12.5. The van der Waals surface area contributed by atoms with Gasteiger partial charge in [-0.15, -0.1) is 10.2 Å². The van der Waals surface area contributed by atoms with Gasteiger partial charge >= 0.3 is 6.09 Å². The number of rotatable bonds is 2. The summed E-state index contributed by atoms with van der Waals surface area (Å²) in [5.41, 5.74) is 0.651. The highest BCUT2D eigenvalue weighted by molar-refractivity contribution is 6.42. The lowest BCUT2D eigenvalue weighted by molar-refractivity contribution is 0.132. The van der Waals surface area contributed by atoms with Crippen LogP contribution in [0.3, 0.4) is 0 Å². The van der Waals surface area contributed by atoms with Crippen LogP contribution in [0.4, 0.5) is 4.79 Å². The van der Waals surface area contributed by atoms with Crippen LogP contribution in [0.2, 0.25) is 10.0 Å². The largest absolute Gasteiger partial charge is 0.508 e. The maximum atomic E-state index is 11.7. The number of ether oxygens (including phenoxy) is 1. The molecule has 2 atom stereocenters. The molecule has 1 N–H and O–H groups in total. The Morgan fingerprint density at radius 2 is 2.08 bits per heavy atom. The van der Waals surface area contributed by atoms with E-state index in [0.29, 0.717) is 41.7 Å². The predicted octanol–water partition coefficient (Wildman–Crippen LogP) is 3.19. The number of phenolic OH excluding ortho intramolecular Hbond substituents is 1. The molecule has 2 aromatic rings.